The van der Waals surface area contributed by atoms with Crippen LogP contribution in [0.4, 0.5) is 0 Å². The number of ether oxygens (including phenoxy) is 3. The summed E-state index contributed by atoms with van der Waals surface area (Å²) < 4.78 is 14.9. The third-order valence-corrected chi connectivity index (χ3v) is 2.42. The quantitative estimate of drug-likeness (QED) is 0.579. The standard InChI is InChI=1S/C13H18O5/c1-16-5-6-18-12-4-3-10(7-11(12)9-14)8-13(15)17-2/h3-4,7,14H,5-6,8-9H2,1-2H3. The first-order chi connectivity index (χ1) is 8.71. The number of carbonyl (C=O) groups is 1. The van der Waals surface area contributed by atoms with Crippen LogP contribution in [-0.2, 0) is 27.3 Å². The maximum atomic E-state index is 11.1. The lowest BCUT2D eigenvalue weighted by atomic mass is 10.1. The van der Waals surface area contributed by atoms with Crippen LogP contribution in [0, 0.1) is 0 Å². The number of methoxy groups -OCH3 is 2. The zero-order valence-corrected chi connectivity index (χ0v) is 10.6. The Labute approximate surface area is 106 Å². The minimum absolute atomic E-state index is 0.142. The molecule has 0 saturated carbocycles. The highest BCUT2D eigenvalue weighted by Crippen LogP contribution is 2.20. The summed E-state index contributed by atoms with van der Waals surface area (Å²) in [7, 11) is 2.94. The number of aliphatic hydroxyl groups excluding tert-OH is 1. The van der Waals surface area contributed by atoms with Gasteiger partial charge in [0.2, 0.25) is 0 Å². The van der Waals surface area contributed by atoms with Crippen molar-refractivity contribution in [3.05, 3.63) is 29.3 Å². The molecule has 0 spiro atoms. The Morgan fingerprint density at radius 2 is 2.06 bits per heavy atom. The fourth-order valence-electron chi connectivity index (χ4n) is 1.48. The Bertz CT molecular complexity index is 389. The Morgan fingerprint density at radius 1 is 1.28 bits per heavy atom. The van der Waals surface area contributed by atoms with E-state index in [4.69, 9.17) is 9.47 Å². The molecule has 1 N–H and O–H groups in total. The van der Waals surface area contributed by atoms with Gasteiger partial charge in [0.15, 0.2) is 0 Å². The van der Waals surface area contributed by atoms with E-state index in [0.717, 1.165) is 5.56 Å². The minimum atomic E-state index is -0.313. The van der Waals surface area contributed by atoms with Gasteiger partial charge in [0, 0.05) is 12.7 Å². The number of esters is 1. The number of aliphatic hydroxyl groups is 1. The molecular formula is C13H18O5. The normalized spacial score (nSPS) is 10.2. The fourth-order valence-corrected chi connectivity index (χ4v) is 1.48. The smallest absolute Gasteiger partial charge is 0.309 e. The van der Waals surface area contributed by atoms with Crippen LogP contribution in [0.5, 0.6) is 5.75 Å². The maximum absolute atomic E-state index is 11.1. The topological polar surface area (TPSA) is 65.0 Å². The summed E-state index contributed by atoms with van der Waals surface area (Å²) in [4.78, 5) is 11.1. The minimum Gasteiger partial charge on any atom is -0.491 e. The van der Waals surface area contributed by atoms with E-state index in [-0.39, 0.29) is 19.0 Å². The Kier molecular flexibility index (Phi) is 6.18. The number of rotatable bonds is 7. The van der Waals surface area contributed by atoms with E-state index in [1.54, 1.807) is 25.3 Å². The van der Waals surface area contributed by atoms with Crippen molar-refractivity contribution >= 4 is 5.97 Å². The summed E-state index contributed by atoms with van der Waals surface area (Å²) in [5, 5.41) is 9.26. The first kappa shape index (κ1) is 14.5. The largest absolute Gasteiger partial charge is 0.491 e. The Morgan fingerprint density at radius 3 is 2.67 bits per heavy atom. The molecule has 1 rings (SSSR count). The molecule has 5 nitrogen and oxygen atoms in total. The number of benzene rings is 1. The summed E-state index contributed by atoms with van der Waals surface area (Å²) in [5.41, 5.74) is 1.43. The van der Waals surface area contributed by atoms with Crippen molar-refractivity contribution in [2.24, 2.45) is 0 Å². The molecule has 5 heteroatoms. The molecule has 0 aromatic heterocycles. The second-order valence-corrected chi connectivity index (χ2v) is 3.69. The van der Waals surface area contributed by atoms with Gasteiger partial charge in [-0.1, -0.05) is 6.07 Å². The highest BCUT2D eigenvalue weighted by Gasteiger charge is 2.08. The molecule has 1 aromatic rings. The van der Waals surface area contributed by atoms with Crippen molar-refractivity contribution in [3.8, 4) is 5.75 Å². The van der Waals surface area contributed by atoms with Crippen LogP contribution >= 0.6 is 0 Å². The van der Waals surface area contributed by atoms with Crippen molar-refractivity contribution in [2.45, 2.75) is 13.0 Å². The molecule has 0 saturated heterocycles. The highest BCUT2D eigenvalue weighted by molar-refractivity contribution is 5.72. The van der Waals surface area contributed by atoms with Crippen LogP contribution in [0.1, 0.15) is 11.1 Å². The van der Waals surface area contributed by atoms with Crippen molar-refractivity contribution < 1.29 is 24.1 Å². The maximum Gasteiger partial charge on any atom is 0.309 e. The van der Waals surface area contributed by atoms with Gasteiger partial charge in [-0.2, -0.15) is 0 Å². The zero-order chi connectivity index (χ0) is 13.4. The predicted molar refractivity (Wildman–Crippen MR) is 65.5 cm³/mol. The van der Waals surface area contributed by atoms with E-state index in [1.807, 2.05) is 0 Å². The van der Waals surface area contributed by atoms with Crippen LogP contribution in [0.2, 0.25) is 0 Å². The molecule has 0 heterocycles. The average molecular weight is 254 g/mol. The van der Waals surface area contributed by atoms with E-state index in [9.17, 15) is 9.90 Å². The molecule has 0 aliphatic heterocycles. The van der Waals surface area contributed by atoms with Crippen molar-refractivity contribution in [1.82, 2.24) is 0 Å². The van der Waals surface area contributed by atoms with E-state index in [0.29, 0.717) is 24.5 Å². The van der Waals surface area contributed by atoms with Crippen LogP contribution < -0.4 is 4.74 Å². The number of hydrogen-bond acceptors (Lipinski definition) is 5. The van der Waals surface area contributed by atoms with E-state index in [2.05, 4.69) is 4.74 Å². The summed E-state index contributed by atoms with van der Waals surface area (Å²) in [6, 6.07) is 5.25. The van der Waals surface area contributed by atoms with Gasteiger partial charge in [0.1, 0.15) is 12.4 Å². The second kappa shape index (κ2) is 7.68. The molecule has 0 amide bonds. The monoisotopic (exact) mass is 254 g/mol. The van der Waals surface area contributed by atoms with E-state index >= 15 is 0 Å². The molecule has 18 heavy (non-hydrogen) atoms. The molecule has 0 fully saturated rings. The van der Waals surface area contributed by atoms with Gasteiger partial charge in [-0.15, -0.1) is 0 Å². The van der Waals surface area contributed by atoms with Gasteiger partial charge in [-0.25, -0.2) is 0 Å². The summed E-state index contributed by atoms with van der Waals surface area (Å²) in [5.74, 6) is 0.287. The molecule has 0 atom stereocenters. The Hall–Kier alpha value is -1.59. The first-order valence-electron chi connectivity index (χ1n) is 5.62. The molecule has 0 aliphatic rings. The molecular weight excluding hydrogens is 236 g/mol. The van der Waals surface area contributed by atoms with E-state index in [1.165, 1.54) is 7.11 Å². The molecule has 1 aromatic carbocycles. The lowest BCUT2D eigenvalue weighted by Crippen LogP contribution is -2.08. The van der Waals surface area contributed by atoms with Gasteiger partial charge in [0.25, 0.3) is 0 Å². The van der Waals surface area contributed by atoms with E-state index < -0.39 is 0 Å². The first-order valence-corrected chi connectivity index (χ1v) is 5.62. The zero-order valence-electron chi connectivity index (χ0n) is 10.6. The van der Waals surface area contributed by atoms with Gasteiger partial charge in [0.05, 0.1) is 26.7 Å². The van der Waals surface area contributed by atoms with Crippen LogP contribution in [0.15, 0.2) is 18.2 Å². The molecule has 0 radical (unpaired) electrons. The van der Waals surface area contributed by atoms with Crippen LogP contribution in [0.3, 0.4) is 0 Å². The highest BCUT2D eigenvalue weighted by atomic mass is 16.5. The number of carbonyl (C=O) groups excluding carboxylic acids is 1. The van der Waals surface area contributed by atoms with Gasteiger partial charge < -0.3 is 19.3 Å². The predicted octanol–water partition coefficient (Wildman–Crippen LogP) is 0.920. The Balaban J connectivity index is 2.73. The average Bonchev–Trinajstić information content (AvgIpc) is 2.40. The van der Waals surface area contributed by atoms with Gasteiger partial charge in [-0.3, -0.25) is 4.79 Å². The third kappa shape index (κ3) is 4.35. The fraction of sp³-hybridized carbons (Fsp3) is 0.462. The summed E-state index contributed by atoms with van der Waals surface area (Å²) >= 11 is 0. The number of hydrogen-bond donors (Lipinski definition) is 1. The molecule has 0 bridgehead atoms. The second-order valence-electron chi connectivity index (χ2n) is 3.69. The van der Waals surface area contributed by atoms with Crippen molar-refractivity contribution in [2.75, 3.05) is 27.4 Å². The summed E-state index contributed by atoms with van der Waals surface area (Å²) in [6.45, 7) is 0.756. The van der Waals surface area contributed by atoms with Crippen molar-refractivity contribution in [1.29, 1.82) is 0 Å². The summed E-state index contributed by atoms with van der Waals surface area (Å²) in [6.07, 6.45) is 0.182. The van der Waals surface area contributed by atoms with Crippen LogP contribution in [-0.4, -0.2) is 38.5 Å². The lowest BCUT2D eigenvalue weighted by molar-refractivity contribution is -0.139. The molecule has 0 aliphatic carbocycles. The molecule has 100 valence electrons. The third-order valence-electron chi connectivity index (χ3n) is 2.42. The SMILES string of the molecule is COCCOc1ccc(CC(=O)OC)cc1CO. The van der Waals surface area contributed by atoms with Gasteiger partial charge >= 0.3 is 5.97 Å². The van der Waals surface area contributed by atoms with Crippen LogP contribution in [0.25, 0.3) is 0 Å². The van der Waals surface area contributed by atoms with Crippen molar-refractivity contribution in [3.63, 3.8) is 0 Å². The lowest BCUT2D eigenvalue weighted by Gasteiger charge is -2.11. The van der Waals surface area contributed by atoms with Gasteiger partial charge in [-0.05, 0) is 17.7 Å². The molecule has 0 unspecified atom stereocenters.